The molecule has 0 saturated heterocycles. The standard InChI is InChI=1S/C14H17N3O2/c1-4-17-13-12(8(2)16-17)10(14(18)19-3)7-11(15-13)9-5-6-9/h7,9H,4-6H2,1-3H3. The quantitative estimate of drug-likeness (QED) is 0.794. The van der Waals surface area contributed by atoms with Gasteiger partial charge >= 0.3 is 5.97 Å². The number of hydrogen-bond donors (Lipinski definition) is 0. The van der Waals surface area contributed by atoms with E-state index in [0.717, 1.165) is 41.8 Å². The fraction of sp³-hybridized carbons (Fsp3) is 0.500. The number of ether oxygens (including phenoxy) is 1. The van der Waals surface area contributed by atoms with Crippen molar-refractivity contribution in [3.8, 4) is 0 Å². The topological polar surface area (TPSA) is 57.0 Å². The minimum absolute atomic E-state index is 0.312. The number of carbonyl (C=O) groups excluding carboxylic acids is 1. The van der Waals surface area contributed by atoms with Crippen LogP contribution in [0.5, 0.6) is 0 Å². The predicted molar refractivity (Wildman–Crippen MR) is 71.3 cm³/mol. The average molecular weight is 259 g/mol. The van der Waals surface area contributed by atoms with Gasteiger partial charge in [-0.3, -0.25) is 0 Å². The van der Waals surface area contributed by atoms with Gasteiger partial charge in [0, 0.05) is 18.2 Å². The Bertz CT molecular complexity index is 656. The molecule has 0 aliphatic heterocycles. The van der Waals surface area contributed by atoms with Crippen LogP contribution in [0, 0.1) is 6.92 Å². The van der Waals surface area contributed by atoms with Crippen LogP contribution in [-0.2, 0) is 11.3 Å². The van der Waals surface area contributed by atoms with E-state index in [2.05, 4.69) is 5.10 Å². The van der Waals surface area contributed by atoms with Crippen molar-refractivity contribution in [1.29, 1.82) is 0 Å². The maximum Gasteiger partial charge on any atom is 0.338 e. The highest BCUT2D eigenvalue weighted by Gasteiger charge is 2.28. The van der Waals surface area contributed by atoms with E-state index in [9.17, 15) is 4.79 Å². The number of hydrogen-bond acceptors (Lipinski definition) is 4. The largest absolute Gasteiger partial charge is 0.465 e. The molecule has 2 aromatic heterocycles. The third kappa shape index (κ3) is 1.89. The van der Waals surface area contributed by atoms with Crippen LogP contribution in [0.2, 0.25) is 0 Å². The van der Waals surface area contributed by atoms with Crippen molar-refractivity contribution in [2.24, 2.45) is 0 Å². The molecule has 2 heterocycles. The van der Waals surface area contributed by atoms with E-state index in [4.69, 9.17) is 9.72 Å². The number of fused-ring (bicyclic) bond motifs is 1. The Morgan fingerprint density at radius 1 is 1.53 bits per heavy atom. The zero-order valence-corrected chi connectivity index (χ0v) is 11.4. The molecule has 1 aliphatic carbocycles. The molecule has 0 bridgehead atoms. The number of methoxy groups -OCH3 is 1. The number of esters is 1. The second kappa shape index (κ2) is 4.33. The molecule has 19 heavy (non-hydrogen) atoms. The molecule has 0 amide bonds. The number of nitrogens with zero attached hydrogens (tertiary/aromatic N) is 3. The average Bonchev–Trinajstić information content (AvgIpc) is 3.22. The van der Waals surface area contributed by atoms with E-state index >= 15 is 0 Å². The van der Waals surface area contributed by atoms with Crippen molar-refractivity contribution in [2.75, 3.05) is 7.11 Å². The molecule has 0 radical (unpaired) electrons. The van der Waals surface area contributed by atoms with Crippen LogP contribution in [0.15, 0.2) is 6.07 Å². The lowest BCUT2D eigenvalue weighted by Gasteiger charge is -2.06. The lowest BCUT2D eigenvalue weighted by atomic mass is 10.1. The van der Waals surface area contributed by atoms with Crippen LogP contribution in [0.1, 0.15) is 47.4 Å². The Kier molecular flexibility index (Phi) is 2.77. The first-order valence-corrected chi connectivity index (χ1v) is 6.62. The first-order valence-electron chi connectivity index (χ1n) is 6.62. The summed E-state index contributed by atoms with van der Waals surface area (Å²) in [7, 11) is 1.41. The van der Waals surface area contributed by atoms with Crippen molar-refractivity contribution in [1.82, 2.24) is 14.8 Å². The van der Waals surface area contributed by atoms with Crippen molar-refractivity contribution >= 4 is 17.0 Å². The molecule has 100 valence electrons. The molecule has 5 nitrogen and oxygen atoms in total. The molecule has 5 heteroatoms. The van der Waals surface area contributed by atoms with Gasteiger partial charge in [0.25, 0.3) is 0 Å². The molecule has 0 N–H and O–H groups in total. The molecule has 1 saturated carbocycles. The van der Waals surface area contributed by atoms with Gasteiger partial charge < -0.3 is 4.74 Å². The van der Waals surface area contributed by atoms with Crippen LogP contribution in [-0.4, -0.2) is 27.8 Å². The number of aromatic nitrogens is 3. The van der Waals surface area contributed by atoms with Gasteiger partial charge in [0.2, 0.25) is 0 Å². The summed E-state index contributed by atoms with van der Waals surface area (Å²) in [6.07, 6.45) is 2.30. The summed E-state index contributed by atoms with van der Waals surface area (Å²) in [5.41, 5.74) is 3.20. The number of carbonyl (C=O) groups is 1. The monoisotopic (exact) mass is 259 g/mol. The van der Waals surface area contributed by atoms with E-state index in [0.29, 0.717) is 11.5 Å². The maximum atomic E-state index is 12.0. The molecule has 0 atom stereocenters. The summed E-state index contributed by atoms with van der Waals surface area (Å²) in [4.78, 5) is 16.7. The maximum absolute atomic E-state index is 12.0. The van der Waals surface area contributed by atoms with Crippen LogP contribution in [0.4, 0.5) is 0 Å². The fourth-order valence-electron chi connectivity index (χ4n) is 2.45. The van der Waals surface area contributed by atoms with E-state index in [1.54, 1.807) is 0 Å². The lowest BCUT2D eigenvalue weighted by Crippen LogP contribution is -2.06. The first kappa shape index (κ1) is 12.1. The fourth-order valence-corrected chi connectivity index (χ4v) is 2.45. The molecule has 0 spiro atoms. The van der Waals surface area contributed by atoms with Gasteiger partial charge in [-0.1, -0.05) is 0 Å². The normalized spacial score (nSPS) is 14.9. The second-order valence-corrected chi connectivity index (χ2v) is 4.96. The van der Waals surface area contributed by atoms with Crippen molar-refractivity contribution in [3.63, 3.8) is 0 Å². The molecule has 1 aliphatic rings. The molecule has 2 aromatic rings. The zero-order valence-electron chi connectivity index (χ0n) is 11.4. The summed E-state index contributed by atoms with van der Waals surface area (Å²) in [6.45, 7) is 4.67. The van der Waals surface area contributed by atoms with E-state index < -0.39 is 0 Å². The van der Waals surface area contributed by atoms with Crippen molar-refractivity contribution in [3.05, 3.63) is 23.0 Å². The van der Waals surface area contributed by atoms with Gasteiger partial charge in [0.05, 0.1) is 23.8 Å². The third-order valence-corrected chi connectivity index (χ3v) is 3.60. The van der Waals surface area contributed by atoms with Crippen LogP contribution in [0.25, 0.3) is 11.0 Å². The van der Waals surface area contributed by atoms with Crippen molar-refractivity contribution < 1.29 is 9.53 Å². The number of rotatable bonds is 3. The van der Waals surface area contributed by atoms with E-state index in [-0.39, 0.29) is 5.97 Å². The Hall–Kier alpha value is -1.91. The number of pyridine rings is 1. The van der Waals surface area contributed by atoms with E-state index in [1.165, 1.54) is 7.11 Å². The zero-order chi connectivity index (χ0) is 13.6. The van der Waals surface area contributed by atoms with Crippen LogP contribution >= 0.6 is 0 Å². The Morgan fingerprint density at radius 2 is 2.26 bits per heavy atom. The van der Waals surface area contributed by atoms with Gasteiger partial charge in [0.15, 0.2) is 5.65 Å². The molecular weight excluding hydrogens is 242 g/mol. The van der Waals surface area contributed by atoms with Gasteiger partial charge in [-0.25, -0.2) is 14.5 Å². The number of aryl methyl sites for hydroxylation is 2. The second-order valence-electron chi connectivity index (χ2n) is 4.96. The van der Waals surface area contributed by atoms with Crippen LogP contribution in [0.3, 0.4) is 0 Å². The molecule has 0 aromatic carbocycles. The van der Waals surface area contributed by atoms with Gasteiger partial charge in [0.1, 0.15) is 0 Å². The Balaban J connectivity index is 2.31. The summed E-state index contributed by atoms with van der Waals surface area (Å²) in [6, 6.07) is 1.88. The smallest absolute Gasteiger partial charge is 0.338 e. The Labute approximate surface area is 111 Å². The van der Waals surface area contributed by atoms with Gasteiger partial charge in [-0.05, 0) is 32.8 Å². The summed E-state index contributed by atoms with van der Waals surface area (Å²) < 4.78 is 6.74. The van der Waals surface area contributed by atoms with Crippen LogP contribution < -0.4 is 0 Å². The first-order chi connectivity index (χ1) is 9.15. The third-order valence-electron chi connectivity index (χ3n) is 3.60. The highest BCUT2D eigenvalue weighted by atomic mass is 16.5. The summed E-state index contributed by atoms with van der Waals surface area (Å²) in [5, 5.41) is 5.27. The van der Waals surface area contributed by atoms with E-state index in [1.807, 2.05) is 24.6 Å². The summed E-state index contributed by atoms with van der Waals surface area (Å²) >= 11 is 0. The van der Waals surface area contributed by atoms with Gasteiger partial charge in [-0.2, -0.15) is 5.10 Å². The van der Waals surface area contributed by atoms with Crippen molar-refractivity contribution in [2.45, 2.75) is 39.2 Å². The highest BCUT2D eigenvalue weighted by molar-refractivity contribution is 6.03. The molecule has 3 rings (SSSR count). The minimum atomic E-state index is -0.312. The molecule has 0 unspecified atom stereocenters. The molecule has 1 fully saturated rings. The minimum Gasteiger partial charge on any atom is -0.465 e. The van der Waals surface area contributed by atoms with Gasteiger partial charge in [-0.15, -0.1) is 0 Å². The Morgan fingerprint density at radius 3 is 2.84 bits per heavy atom. The highest BCUT2D eigenvalue weighted by Crippen LogP contribution is 2.40. The SMILES string of the molecule is CCn1nc(C)c2c(C(=O)OC)cc(C3CC3)nc21. The molecular formula is C14H17N3O2. The lowest BCUT2D eigenvalue weighted by molar-refractivity contribution is 0.0602. The summed E-state index contributed by atoms with van der Waals surface area (Å²) in [5.74, 6) is 0.182. The predicted octanol–water partition coefficient (Wildman–Crippen LogP) is 2.42.